The SMILES string of the molecule is CC.CCOC(=O)N1CCCC1. The van der Waals surface area contributed by atoms with Crippen molar-refractivity contribution >= 4 is 6.09 Å². The summed E-state index contributed by atoms with van der Waals surface area (Å²) in [5, 5.41) is 0. The molecule has 0 unspecified atom stereocenters. The van der Waals surface area contributed by atoms with Crippen molar-refractivity contribution in [2.45, 2.75) is 33.6 Å². The molecule has 0 atom stereocenters. The average molecular weight is 173 g/mol. The van der Waals surface area contributed by atoms with E-state index < -0.39 is 0 Å². The number of amides is 1. The molecule has 0 aromatic heterocycles. The number of hydrogen-bond donors (Lipinski definition) is 0. The minimum absolute atomic E-state index is 0.153. The summed E-state index contributed by atoms with van der Waals surface area (Å²) in [6, 6.07) is 0. The molecule has 0 saturated carbocycles. The molecule has 12 heavy (non-hydrogen) atoms. The Balaban J connectivity index is 0.000000561. The van der Waals surface area contributed by atoms with Gasteiger partial charge in [0, 0.05) is 13.1 Å². The smallest absolute Gasteiger partial charge is 0.409 e. The van der Waals surface area contributed by atoms with Crippen LogP contribution in [0.2, 0.25) is 0 Å². The lowest BCUT2D eigenvalue weighted by molar-refractivity contribution is 0.116. The Bertz CT molecular complexity index is 120. The molecular weight excluding hydrogens is 154 g/mol. The van der Waals surface area contributed by atoms with Gasteiger partial charge in [-0.2, -0.15) is 0 Å². The zero-order valence-electron chi connectivity index (χ0n) is 8.30. The fourth-order valence-corrected chi connectivity index (χ4v) is 1.11. The van der Waals surface area contributed by atoms with Gasteiger partial charge in [-0.1, -0.05) is 13.8 Å². The van der Waals surface area contributed by atoms with E-state index >= 15 is 0 Å². The summed E-state index contributed by atoms with van der Waals surface area (Å²) in [6.07, 6.45) is 2.09. The molecular formula is C9H19NO2. The molecule has 1 rings (SSSR count). The van der Waals surface area contributed by atoms with Crippen LogP contribution in [0.3, 0.4) is 0 Å². The van der Waals surface area contributed by atoms with Gasteiger partial charge in [0.2, 0.25) is 0 Å². The van der Waals surface area contributed by atoms with Gasteiger partial charge in [-0.05, 0) is 19.8 Å². The van der Waals surface area contributed by atoms with E-state index in [1.165, 1.54) is 0 Å². The minimum Gasteiger partial charge on any atom is -0.450 e. The summed E-state index contributed by atoms with van der Waals surface area (Å²) in [5.74, 6) is 0. The summed E-state index contributed by atoms with van der Waals surface area (Å²) >= 11 is 0. The number of carbonyl (C=O) groups excluding carboxylic acids is 1. The molecule has 0 radical (unpaired) electrons. The third-order valence-corrected chi connectivity index (χ3v) is 1.63. The van der Waals surface area contributed by atoms with Crippen LogP contribution in [-0.2, 0) is 4.74 Å². The van der Waals surface area contributed by atoms with E-state index in [0.29, 0.717) is 6.61 Å². The highest BCUT2D eigenvalue weighted by molar-refractivity contribution is 5.67. The van der Waals surface area contributed by atoms with Crippen LogP contribution in [0.25, 0.3) is 0 Å². The molecule has 0 spiro atoms. The molecule has 0 aromatic rings. The lowest BCUT2D eigenvalue weighted by Crippen LogP contribution is -2.28. The van der Waals surface area contributed by atoms with Crippen LogP contribution in [0.1, 0.15) is 33.6 Å². The Labute approximate surface area is 74.7 Å². The maximum atomic E-state index is 10.9. The molecule has 3 nitrogen and oxygen atoms in total. The van der Waals surface area contributed by atoms with E-state index in [4.69, 9.17) is 4.74 Å². The molecule has 1 heterocycles. The van der Waals surface area contributed by atoms with Gasteiger partial charge in [0.1, 0.15) is 0 Å². The highest BCUT2D eigenvalue weighted by Crippen LogP contribution is 2.08. The van der Waals surface area contributed by atoms with E-state index in [1.807, 2.05) is 20.8 Å². The van der Waals surface area contributed by atoms with Crippen molar-refractivity contribution < 1.29 is 9.53 Å². The minimum atomic E-state index is -0.153. The molecule has 0 aliphatic carbocycles. The molecule has 1 aliphatic heterocycles. The van der Waals surface area contributed by atoms with Gasteiger partial charge in [-0.3, -0.25) is 0 Å². The number of nitrogens with zero attached hydrogens (tertiary/aromatic N) is 1. The number of rotatable bonds is 1. The Kier molecular flexibility index (Phi) is 6.53. The summed E-state index contributed by atoms with van der Waals surface area (Å²) < 4.78 is 4.81. The maximum absolute atomic E-state index is 10.9. The monoisotopic (exact) mass is 173 g/mol. The van der Waals surface area contributed by atoms with Crippen molar-refractivity contribution in [3.8, 4) is 0 Å². The van der Waals surface area contributed by atoms with E-state index in [-0.39, 0.29) is 6.09 Å². The number of likely N-dealkylation sites (tertiary alicyclic amines) is 1. The third-order valence-electron chi connectivity index (χ3n) is 1.63. The van der Waals surface area contributed by atoms with Gasteiger partial charge < -0.3 is 9.64 Å². The predicted molar refractivity (Wildman–Crippen MR) is 49.2 cm³/mol. The Morgan fingerprint density at radius 3 is 2.25 bits per heavy atom. The van der Waals surface area contributed by atoms with E-state index in [2.05, 4.69) is 0 Å². The van der Waals surface area contributed by atoms with Crippen molar-refractivity contribution in [3.63, 3.8) is 0 Å². The van der Waals surface area contributed by atoms with Crippen molar-refractivity contribution in [1.29, 1.82) is 0 Å². The molecule has 72 valence electrons. The van der Waals surface area contributed by atoms with Crippen LogP contribution >= 0.6 is 0 Å². The topological polar surface area (TPSA) is 29.5 Å². The first-order valence-electron chi connectivity index (χ1n) is 4.76. The molecule has 0 bridgehead atoms. The molecule has 1 amide bonds. The van der Waals surface area contributed by atoms with Crippen molar-refractivity contribution in [1.82, 2.24) is 4.90 Å². The Morgan fingerprint density at radius 2 is 1.83 bits per heavy atom. The molecule has 3 heteroatoms. The summed E-state index contributed by atoms with van der Waals surface area (Å²) in [5.41, 5.74) is 0. The van der Waals surface area contributed by atoms with Gasteiger partial charge in [0.25, 0.3) is 0 Å². The fourth-order valence-electron chi connectivity index (χ4n) is 1.11. The largest absolute Gasteiger partial charge is 0.450 e. The van der Waals surface area contributed by atoms with Crippen LogP contribution in [0.4, 0.5) is 4.79 Å². The first-order chi connectivity index (χ1) is 5.84. The van der Waals surface area contributed by atoms with Crippen molar-refractivity contribution in [2.24, 2.45) is 0 Å². The summed E-state index contributed by atoms with van der Waals surface area (Å²) in [4.78, 5) is 12.7. The van der Waals surface area contributed by atoms with Crippen LogP contribution in [0.15, 0.2) is 0 Å². The maximum Gasteiger partial charge on any atom is 0.409 e. The van der Waals surface area contributed by atoms with Crippen LogP contribution in [0.5, 0.6) is 0 Å². The second kappa shape index (κ2) is 6.95. The van der Waals surface area contributed by atoms with Crippen LogP contribution in [0, 0.1) is 0 Å². The lowest BCUT2D eigenvalue weighted by Gasteiger charge is -2.13. The van der Waals surface area contributed by atoms with Gasteiger partial charge in [-0.25, -0.2) is 4.79 Å². The van der Waals surface area contributed by atoms with Gasteiger partial charge in [0.05, 0.1) is 6.61 Å². The fraction of sp³-hybridized carbons (Fsp3) is 0.889. The molecule has 0 N–H and O–H groups in total. The third kappa shape index (κ3) is 3.60. The highest BCUT2D eigenvalue weighted by Gasteiger charge is 2.17. The van der Waals surface area contributed by atoms with Crippen LogP contribution in [-0.4, -0.2) is 30.7 Å². The highest BCUT2D eigenvalue weighted by atomic mass is 16.6. The number of carbonyl (C=O) groups is 1. The predicted octanol–water partition coefficient (Wildman–Crippen LogP) is 2.26. The van der Waals surface area contributed by atoms with E-state index in [9.17, 15) is 4.79 Å². The quantitative estimate of drug-likeness (QED) is 0.608. The van der Waals surface area contributed by atoms with E-state index in [1.54, 1.807) is 4.90 Å². The van der Waals surface area contributed by atoms with Crippen molar-refractivity contribution in [2.75, 3.05) is 19.7 Å². The first-order valence-corrected chi connectivity index (χ1v) is 4.76. The normalized spacial score (nSPS) is 15.1. The zero-order valence-corrected chi connectivity index (χ0v) is 8.30. The van der Waals surface area contributed by atoms with Gasteiger partial charge >= 0.3 is 6.09 Å². The van der Waals surface area contributed by atoms with Crippen molar-refractivity contribution in [3.05, 3.63) is 0 Å². The summed E-state index contributed by atoms with van der Waals surface area (Å²) in [6.45, 7) is 8.06. The van der Waals surface area contributed by atoms with E-state index in [0.717, 1.165) is 25.9 Å². The molecule has 1 saturated heterocycles. The molecule has 1 fully saturated rings. The lowest BCUT2D eigenvalue weighted by atomic mass is 10.4. The Hall–Kier alpha value is -0.730. The first kappa shape index (κ1) is 11.3. The van der Waals surface area contributed by atoms with Gasteiger partial charge in [-0.15, -0.1) is 0 Å². The molecule has 0 aromatic carbocycles. The second-order valence-electron chi connectivity index (χ2n) is 2.39. The number of ether oxygens (including phenoxy) is 1. The molecule has 1 aliphatic rings. The Morgan fingerprint density at radius 1 is 1.33 bits per heavy atom. The standard InChI is InChI=1S/C7H13NO2.C2H6/c1-2-10-7(9)8-5-3-4-6-8;1-2/h2-6H2,1H3;1-2H3. The van der Waals surface area contributed by atoms with Crippen LogP contribution < -0.4 is 0 Å². The number of hydrogen-bond acceptors (Lipinski definition) is 2. The second-order valence-corrected chi connectivity index (χ2v) is 2.39. The zero-order chi connectivity index (χ0) is 9.40. The summed E-state index contributed by atoms with van der Waals surface area (Å²) in [7, 11) is 0. The van der Waals surface area contributed by atoms with Gasteiger partial charge in [0.15, 0.2) is 0 Å². The average Bonchev–Trinajstić information content (AvgIpc) is 2.60.